The van der Waals surface area contributed by atoms with Crippen molar-refractivity contribution in [1.82, 2.24) is 0 Å². The van der Waals surface area contributed by atoms with Crippen LogP contribution in [0.5, 0.6) is 5.75 Å². The molecule has 21 heavy (non-hydrogen) atoms. The van der Waals surface area contributed by atoms with Gasteiger partial charge < -0.3 is 9.47 Å². The fourth-order valence-corrected chi connectivity index (χ4v) is 2.70. The molecule has 1 atom stereocenters. The van der Waals surface area contributed by atoms with Gasteiger partial charge in [0.2, 0.25) is 0 Å². The lowest BCUT2D eigenvalue weighted by Gasteiger charge is -2.24. The summed E-state index contributed by atoms with van der Waals surface area (Å²) in [4.78, 5) is 11.7. The summed E-state index contributed by atoms with van der Waals surface area (Å²) in [5, 5.41) is 0.688. The largest absolute Gasteiger partial charge is 0.466 e. The highest BCUT2D eigenvalue weighted by molar-refractivity contribution is 6.30. The van der Waals surface area contributed by atoms with Gasteiger partial charge in [-0.15, -0.1) is 0 Å². The van der Waals surface area contributed by atoms with Crippen LogP contribution in [0.1, 0.15) is 39.0 Å². The second kappa shape index (κ2) is 8.08. The molecule has 1 aromatic rings. The first kappa shape index (κ1) is 15.9. The average Bonchev–Trinajstić information content (AvgIpc) is 2.48. The lowest BCUT2D eigenvalue weighted by molar-refractivity contribution is -0.144. The molecule has 0 N–H and O–H groups in total. The zero-order valence-electron chi connectivity index (χ0n) is 12.3. The van der Waals surface area contributed by atoms with E-state index in [2.05, 4.69) is 0 Å². The highest BCUT2D eigenvalue weighted by atomic mass is 35.5. The van der Waals surface area contributed by atoms with Gasteiger partial charge in [0.15, 0.2) is 0 Å². The fraction of sp³-hybridized carbons (Fsp3) is 0.471. The van der Waals surface area contributed by atoms with Gasteiger partial charge in [-0.3, -0.25) is 4.79 Å². The molecule has 0 saturated heterocycles. The SMILES string of the molecule is CCOC(=O)CC1CCCC/C1=C\Oc1ccc(Cl)cc1. The van der Waals surface area contributed by atoms with Crippen LogP contribution in [0.4, 0.5) is 0 Å². The summed E-state index contributed by atoms with van der Waals surface area (Å²) in [6.45, 7) is 2.27. The lowest BCUT2D eigenvalue weighted by atomic mass is 9.83. The molecule has 1 aliphatic carbocycles. The molecule has 4 heteroatoms. The van der Waals surface area contributed by atoms with E-state index in [0.717, 1.165) is 31.4 Å². The Labute approximate surface area is 130 Å². The van der Waals surface area contributed by atoms with Gasteiger partial charge in [0, 0.05) is 5.02 Å². The number of benzene rings is 1. The summed E-state index contributed by atoms with van der Waals surface area (Å²) >= 11 is 5.85. The highest BCUT2D eigenvalue weighted by Gasteiger charge is 2.22. The first-order chi connectivity index (χ1) is 10.2. The van der Waals surface area contributed by atoms with Gasteiger partial charge in [-0.1, -0.05) is 18.0 Å². The third-order valence-corrected chi connectivity index (χ3v) is 3.92. The minimum absolute atomic E-state index is 0.123. The summed E-state index contributed by atoms with van der Waals surface area (Å²) in [6, 6.07) is 7.27. The van der Waals surface area contributed by atoms with Gasteiger partial charge in [-0.05, 0) is 61.9 Å². The number of esters is 1. The van der Waals surface area contributed by atoms with Crippen LogP contribution in [0, 0.1) is 5.92 Å². The van der Waals surface area contributed by atoms with Gasteiger partial charge in [0.1, 0.15) is 5.75 Å². The number of rotatable bonds is 5. The molecule has 0 spiro atoms. The summed E-state index contributed by atoms with van der Waals surface area (Å²) in [6.07, 6.45) is 6.56. The van der Waals surface area contributed by atoms with Crippen LogP contribution in [-0.4, -0.2) is 12.6 Å². The molecule has 3 nitrogen and oxygen atoms in total. The van der Waals surface area contributed by atoms with Crippen LogP contribution in [0.25, 0.3) is 0 Å². The number of carbonyl (C=O) groups is 1. The van der Waals surface area contributed by atoms with E-state index in [0.29, 0.717) is 18.1 Å². The second-order valence-electron chi connectivity index (χ2n) is 5.22. The van der Waals surface area contributed by atoms with Crippen molar-refractivity contribution >= 4 is 17.6 Å². The summed E-state index contributed by atoms with van der Waals surface area (Å²) < 4.78 is 10.7. The topological polar surface area (TPSA) is 35.5 Å². The van der Waals surface area contributed by atoms with Crippen LogP contribution < -0.4 is 4.74 Å². The molecule has 0 heterocycles. The predicted molar refractivity (Wildman–Crippen MR) is 83.4 cm³/mol. The molecule has 1 unspecified atom stereocenters. The van der Waals surface area contributed by atoms with E-state index in [-0.39, 0.29) is 11.9 Å². The van der Waals surface area contributed by atoms with Crippen molar-refractivity contribution in [2.75, 3.05) is 6.61 Å². The van der Waals surface area contributed by atoms with Crippen LogP contribution >= 0.6 is 11.6 Å². The Morgan fingerprint density at radius 1 is 1.33 bits per heavy atom. The quantitative estimate of drug-likeness (QED) is 0.582. The maximum atomic E-state index is 11.7. The van der Waals surface area contributed by atoms with Gasteiger partial charge in [0.05, 0.1) is 19.3 Å². The highest BCUT2D eigenvalue weighted by Crippen LogP contribution is 2.32. The molecule has 0 amide bonds. The number of hydrogen-bond donors (Lipinski definition) is 0. The molecule has 114 valence electrons. The van der Waals surface area contributed by atoms with Crippen molar-refractivity contribution in [3.63, 3.8) is 0 Å². The Balaban J connectivity index is 1.98. The molecule has 0 bridgehead atoms. The van der Waals surface area contributed by atoms with Crippen LogP contribution in [0.3, 0.4) is 0 Å². The molecular formula is C17H21ClO3. The van der Waals surface area contributed by atoms with Gasteiger partial charge in [-0.2, -0.15) is 0 Å². The summed E-state index contributed by atoms with van der Waals surface area (Å²) in [7, 11) is 0. The summed E-state index contributed by atoms with van der Waals surface area (Å²) in [5.41, 5.74) is 1.20. The minimum atomic E-state index is -0.123. The standard InChI is InChI=1S/C17H21ClO3/c1-2-20-17(19)11-13-5-3-4-6-14(13)12-21-16-9-7-15(18)8-10-16/h7-10,12-13H,2-6,11H2,1H3/b14-12+. The maximum absolute atomic E-state index is 11.7. The Kier molecular flexibility index (Phi) is 6.12. The molecule has 2 rings (SSSR count). The van der Waals surface area contributed by atoms with Crippen molar-refractivity contribution in [2.45, 2.75) is 39.0 Å². The number of allylic oxidation sites excluding steroid dienone is 1. The average molecular weight is 309 g/mol. The molecule has 0 radical (unpaired) electrons. The van der Waals surface area contributed by atoms with E-state index in [1.807, 2.05) is 19.1 Å². The van der Waals surface area contributed by atoms with E-state index in [9.17, 15) is 4.79 Å². The van der Waals surface area contributed by atoms with Crippen molar-refractivity contribution < 1.29 is 14.3 Å². The third-order valence-electron chi connectivity index (χ3n) is 3.67. The van der Waals surface area contributed by atoms with E-state index >= 15 is 0 Å². The van der Waals surface area contributed by atoms with Crippen LogP contribution in [0.15, 0.2) is 36.1 Å². The number of ether oxygens (including phenoxy) is 2. The van der Waals surface area contributed by atoms with E-state index in [1.165, 1.54) is 5.57 Å². The number of hydrogen-bond acceptors (Lipinski definition) is 3. The smallest absolute Gasteiger partial charge is 0.306 e. The second-order valence-corrected chi connectivity index (χ2v) is 5.65. The molecule has 1 saturated carbocycles. The minimum Gasteiger partial charge on any atom is -0.466 e. The summed E-state index contributed by atoms with van der Waals surface area (Å²) in [5.74, 6) is 0.874. The zero-order valence-corrected chi connectivity index (χ0v) is 13.1. The number of halogens is 1. The normalized spacial score (nSPS) is 20.3. The Bertz CT molecular complexity index is 493. The number of carbonyl (C=O) groups excluding carboxylic acids is 1. The third kappa shape index (κ3) is 5.09. The van der Waals surface area contributed by atoms with Gasteiger partial charge in [0.25, 0.3) is 0 Å². The van der Waals surface area contributed by atoms with Gasteiger partial charge in [-0.25, -0.2) is 0 Å². The van der Waals surface area contributed by atoms with Crippen LogP contribution in [0.2, 0.25) is 5.02 Å². The maximum Gasteiger partial charge on any atom is 0.306 e. The van der Waals surface area contributed by atoms with Crippen molar-refractivity contribution in [1.29, 1.82) is 0 Å². The molecule has 0 aromatic heterocycles. The first-order valence-corrected chi connectivity index (χ1v) is 7.83. The van der Waals surface area contributed by atoms with Crippen molar-refractivity contribution in [2.24, 2.45) is 5.92 Å². The van der Waals surface area contributed by atoms with Gasteiger partial charge >= 0.3 is 5.97 Å². The van der Waals surface area contributed by atoms with Crippen molar-refractivity contribution in [3.8, 4) is 5.75 Å². The Morgan fingerprint density at radius 3 is 2.81 bits per heavy atom. The van der Waals surface area contributed by atoms with Crippen molar-refractivity contribution in [3.05, 3.63) is 41.1 Å². The predicted octanol–water partition coefficient (Wildman–Crippen LogP) is 4.75. The van der Waals surface area contributed by atoms with E-state index in [4.69, 9.17) is 21.1 Å². The fourth-order valence-electron chi connectivity index (χ4n) is 2.58. The van der Waals surface area contributed by atoms with Crippen LogP contribution in [-0.2, 0) is 9.53 Å². The molecular weight excluding hydrogens is 288 g/mol. The first-order valence-electron chi connectivity index (χ1n) is 7.46. The lowest BCUT2D eigenvalue weighted by Crippen LogP contribution is -2.17. The molecule has 0 aliphatic heterocycles. The zero-order chi connectivity index (χ0) is 15.1. The Morgan fingerprint density at radius 2 is 2.10 bits per heavy atom. The molecule has 1 aromatic carbocycles. The van der Waals surface area contributed by atoms with E-state index in [1.54, 1.807) is 18.4 Å². The monoisotopic (exact) mass is 308 g/mol. The molecule has 1 fully saturated rings. The van der Waals surface area contributed by atoms with E-state index < -0.39 is 0 Å². The Hall–Kier alpha value is -1.48. The molecule has 1 aliphatic rings.